The number of hydrogen-bond acceptors (Lipinski definition) is 6. The summed E-state index contributed by atoms with van der Waals surface area (Å²) in [5.74, 6) is 2.00. The van der Waals surface area contributed by atoms with E-state index in [2.05, 4.69) is 26.2 Å². The van der Waals surface area contributed by atoms with Gasteiger partial charge in [-0.3, -0.25) is 4.98 Å². The minimum Gasteiger partial charge on any atom is -0.425 e. The van der Waals surface area contributed by atoms with Crippen molar-refractivity contribution in [2.75, 3.05) is 18.0 Å². The molecule has 0 N–H and O–H groups in total. The molecule has 1 aliphatic heterocycles. The van der Waals surface area contributed by atoms with Gasteiger partial charge in [0.15, 0.2) is 0 Å². The van der Waals surface area contributed by atoms with Crippen LogP contribution in [-0.4, -0.2) is 28.3 Å². The van der Waals surface area contributed by atoms with E-state index in [-0.39, 0.29) is 5.41 Å². The molecule has 0 bridgehead atoms. The maximum atomic E-state index is 9.43. The van der Waals surface area contributed by atoms with Crippen LogP contribution in [0.1, 0.15) is 49.2 Å². The van der Waals surface area contributed by atoms with Crippen molar-refractivity contribution in [1.29, 1.82) is 5.26 Å². The van der Waals surface area contributed by atoms with Crippen LogP contribution in [0, 0.1) is 24.2 Å². The predicted octanol–water partition coefficient (Wildman–Crippen LogP) is 2.77. The van der Waals surface area contributed by atoms with Gasteiger partial charge >= 0.3 is 0 Å². The largest absolute Gasteiger partial charge is 0.425 e. The number of nitrogens with zero attached hydrogens (tertiary/aromatic N) is 5. The Bertz CT molecular complexity index is 808. The Morgan fingerprint density at radius 1 is 1.46 bits per heavy atom. The van der Waals surface area contributed by atoms with E-state index in [1.807, 2.05) is 19.9 Å². The van der Waals surface area contributed by atoms with Gasteiger partial charge in [-0.1, -0.05) is 13.3 Å². The standard InChI is InChI=1S/C18H21N5O/c1-3-16-21-22-17(24-16)18-6-4-5-14(18)10-23(11-18)15-7-12(2)20-9-13(15)8-19/h7,9,14H,3-6,10-11H2,1-2H3/t14-,18-/m0/s1. The van der Waals surface area contributed by atoms with E-state index >= 15 is 0 Å². The van der Waals surface area contributed by atoms with Crippen LogP contribution in [0.2, 0.25) is 0 Å². The summed E-state index contributed by atoms with van der Waals surface area (Å²) >= 11 is 0. The Labute approximate surface area is 141 Å². The third-order valence-electron chi connectivity index (χ3n) is 5.55. The first-order valence-corrected chi connectivity index (χ1v) is 8.61. The lowest BCUT2D eigenvalue weighted by atomic mass is 9.80. The summed E-state index contributed by atoms with van der Waals surface area (Å²) in [5, 5.41) is 18.0. The molecule has 2 aromatic heterocycles. The van der Waals surface area contributed by atoms with E-state index in [9.17, 15) is 5.26 Å². The lowest BCUT2D eigenvalue weighted by Gasteiger charge is -2.25. The molecule has 2 aromatic rings. The van der Waals surface area contributed by atoms with Gasteiger partial charge in [0.1, 0.15) is 6.07 Å². The van der Waals surface area contributed by atoms with E-state index in [1.165, 1.54) is 12.8 Å². The highest BCUT2D eigenvalue weighted by Crippen LogP contribution is 2.51. The fraction of sp³-hybridized carbons (Fsp3) is 0.556. The molecule has 1 saturated carbocycles. The van der Waals surface area contributed by atoms with Crippen LogP contribution < -0.4 is 4.90 Å². The Kier molecular flexibility index (Phi) is 3.52. The van der Waals surface area contributed by atoms with Crippen molar-refractivity contribution in [3.8, 4) is 6.07 Å². The third kappa shape index (κ3) is 2.19. The number of fused-ring (bicyclic) bond motifs is 1. The molecule has 0 aromatic carbocycles. The van der Waals surface area contributed by atoms with Gasteiger partial charge in [0, 0.05) is 31.4 Å². The maximum Gasteiger partial charge on any atom is 0.224 e. The van der Waals surface area contributed by atoms with Crippen LogP contribution in [-0.2, 0) is 11.8 Å². The Morgan fingerprint density at radius 2 is 2.33 bits per heavy atom. The molecule has 4 rings (SSSR count). The summed E-state index contributed by atoms with van der Waals surface area (Å²) in [6.07, 6.45) is 5.88. The minimum absolute atomic E-state index is 0.0652. The molecule has 2 fully saturated rings. The van der Waals surface area contributed by atoms with Crippen LogP contribution in [0.25, 0.3) is 0 Å². The highest BCUT2D eigenvalue weighted by atomic mass is 16.4. The monoisotopic (exact) mass is 323 g/mol. The molecular formula is C18H21N5O. The van der Waals surface area contributed by atoms with Gasteiger partial charge in [0.25, 0.3) is 0 Å². The van der Waals surface area contributed by atoms with Crippen molar-refractivity contribution in [3.05, 3.63) is 35.3 Å². The van der Waals surface area contributed by atoms with E-state index in [0.29, 0.717) is 17.4 Å². The number of aromatic nitrogens is 3. The minimum atomic E-state index is -0.0652. The zero-order valence-electron chi connectivity index (χ0n) is 14.1. The molecular weight excluding hydrogens is 302 g/mol. The van der Waals surface area contributed by atoms with Gasteiger partial charge in [0.2, 0.25) is 11.8 Å². The highest BCUT2D eigenvalue weighted by Gasteiger charge is 2.54. The molecule has 0 spiro atoms. The SMILES string of the molecule is CCc1nnc([C@]23CCC[C@H]2CN(c2cc(C)ncc2C#N)C3)o1. The summed E-state index contributed by atoms with van der Waals surface area (Å²) < 4.78 is 5.96. The van der Waals surface area contributed by atoms with Crippen molar-refractivity contribution in [3.63, 3.8) is 0 Å². The Hall–Kier alpha value is -2.42. The third-order valence-corrected chi connectivity index (χ3v) is 5.55. The molecule has 6 nitrogen and oxygen atoms in total. The van der Waals surface area contributed by atoms with Crippen LogP contribution in [0.3, 0.4) is 0 Å². The fourth-order valence-electron chi connectivity index (χ4n) is 4.31. The highest BCUT2D eigenvalue weighted by molar-refractivity contribution is 5.60. The topological polar surface area (TPSA) is 78.8 Å². The first-order valence-electron chi connectivity index (χ1n) is 8.61. The zero-order valence-corrected chi connectivity index (χ0v) is 14.1. The molecule has 0 amide bonds. The molecule has 124 valence electrons. The molecule has 0 radical (unpaired) electrons. The molecule has 24 heavy (non-hydrogen) atoms. The van der Waals surface area contributed by atoms with Crippen LogP contribution in [0.15, 0.2) is 16.7 Å². The summed E-state index contributed by atoms with van der Waals surface area (Å²) in [6.45, 7) is 5.76. The van der Waals surface area contributed by atoms with E-state index < -0.39 is 0 Å². The molecule has 2 aliphatic rings. The molecule has 3 heterocycles. The predicted molar refractivity (Wildman–Crippen MR) is 88.6 cm³/mol. The molecule has 0 unspecified atom stereocenters. The number of rotatable bonds is 3. The van der Waals surface area contributed by atoms with Crippen molar-refractivity contribution < 1.29 is 4.42 Å². The molecule has 1 saturated heterocycles. The average molecular weight is 323 g/mol. The summed E-state index contributed by atoms with van der Waals surface area (Å²) in [4.78, 5) is 6.57. The van der Waals surface area contributed by atoms with Crippen LogP contribution in [0.5, 0.6) is 0 Å². The van der Waals surface area contributed by atoms with Gasteiger partial charge < -0.3 is 9.32 Å². The first kappa shape index (κ1) is 15.1. The van der Waals surface area contributed by atoms with Gasteiger partial charge in [0.05, 0.1) is 16.7 Å². The van der Waals surface area contributed by atoms with Crippen molar-refractivity contribution >= 4 is 5.69 Å². The van der Waals surface area contributed by atoms with Gasteiger partial charge in [-0.25, -0.2) is 0 Å². The summed E-state index contributed by atoms with van der Waals surface area (Å²) in [6, 6.07) is 4.29. The van der Waals surface area contributed by atoms with Gasteiger partial charge in [-0.05, 0) is 31.7 Å². The van der Waals surface area contributed by atoms with E-state index in [4.69, 9.17) is 4.42 Å². The zero-order chi connectivity index (χ0) is 16.7. The Balaban J connectivity index is 1.71. The second kappa shape index (κ2) is 5.59. The normalized spacial score (nSPS) is 25.7. The molecule has 1 aliphatic carbocycles. The van der Waals surface area contributed by atoms with Crippen LogP contribution in [0.4, 0.5) is 5.69 Å². The number of aryl methyl sites for hydroxylation is 2. The lowest BCUT2D eigenvalue weighted by molar-refractivity contribution is 0.297. The molecule has 2 atom stereocenters. The van der Waals surface area contributed by atoms with E-state index in [1.54, 1.807) is 6.20 Å². The second-order valence-electron chi connectivity index (χ2n) is 6.93. The fourth-order valence-corrected chi connectivity index (χ4v) is 4.31. The summed E-state index contributed by atoms with van der Waals surface area (Å²) in [7, 11) is 0. The lowest BCUT2D eigenvalue weighted by Crippen LogP contribution is -2.32. The summed E-state index contributed by atoms with van der Waals surface area (Å²) in [5.41, 5.74) is 2.48. The van der Waals surface area contributed by atoms with Crippen molar-refractivity contribution in [2.45, 2.75) is 44.9 Å². The smallest absolute Gasteiger partial charge is 0.224 e. The molecule has 6 heteroatoms. The number of hydrogen-bond donors (Lipinski definition) is 0. The quantitative estimate of drug-likeness (QED) is 0.864. The average Bonchev–Trinajstić information content (AvgIpc) is 3.28. The van der Waals surface area contributed by atoms with Crippen LogP contribution >= 0.6 is 0 Å². The van der Waals surface area contributed by atoms with Gasteiger partial charge in [-0.15, -0.1) is 10.2 Å². The van der Waals surface area contributed by atoms with Gasteiger partial charge in [-0.2, -0.15) is 5.26 Å². The van der Waals surface area contributed by atoms with E-state index in [0.717, 1.165) is 43.2 Å². The number of nitriles is 1. The Morgan fingerprint density at radius 3 is 3.08 bits per heavy atom. The number of anilines is 1. The van der Waals surface area contributed by atoms with Crippen molar-refractivity contribution in [1.82, 2.24) is 15.2 Å². The van der Waals surface area contributed by atoms with Crippen molar-refractivity contribution in [2.24, 2.45) is 5.92 Å². The first-order chi connectivity index (χ1) is 11.7. The maximum absolute atomic E-state index is 9.43. The second-order valence-corrected chi connectivity index (χ2v) is 6.93. The number of pyridine rings is 1.